The number of nitrogens with zero attached hydrogens (tertiary/aromatic N) is 2. The van der Waals surface area contributed by atoms with Crippen molar-refractivity contribution >= 4 is 44.1 Å². The molecule has 2 saturated heterocycles. The molecule has 43 heavy (non-hydrogen) atoms. The predicted octanol–water partition coefficient (Wildman–Crippen LogP) is 1.50. The van der Waals surface area contributed by atoms with E-state index in [1.165, 1.54) is 51.1 Å². The van der Waals surface area contributed by atoms with E-state index in [9.17, 15) is 26.4 Å². The van der Waals surface area contributed by atoms with Crippen molar-refractivity contribution < 1.29 is 40.6 Å². The summed E-state index contributed by atoms with van der Waals surface area (Å²) in [5.74, 6) is -1.02. The van der Waals surface area contributed by atoms with Gasteiger partial charge in [0.25, 0.3) is 0 Å². The van der Waals surface area contributed by atoms with E-state index in [4.69, 9.17) is 14.2 Å². The number of benzene rings is 2. The Kier molecular flexibility index (Phi) is 11.2. The standard InChI is InChI=1S/C29H35N3O9S2/c1-23(41-29(34)13-7-25-4-10-27(11-5-25)43(37,38)32-16-20-40-21-17-32)22-30-28(33)12-6-24-2-8-26(9-3-24)42(35,36)31-14-18-39-19-15-31/h2-13,23H,14-22H2,1H3,(H,30,33)/b12-6+,13-7+/t23-/m1/s1. The molecule has 0 aromatic heterocycles. The minimum Gasteiger partial charge on any atom is -0.458 e. The Hall–Kier alpha value is -3.40. The van der Waals surface area contributed by atoms with E-state index < -0.39 is 38.0 Å². The van der Waals surface area contributed by atoms with Crippen molar-refractivity contribution in [3.05, 3.63) is 71.8 Å². The monoisotopic (exact) mass is 633 g/mol. The number of sulfonamides is 2. The van der Waals surface area contributed by atoms with Crippen LogP contribution in [0.2, 0.25) is 0 Å². The second-order valence-electron chi connectivity index (χ2n) is 9.83. The summed E-state index contributed by atoms with van der Waals surface area (Å²) in [7, 11) is -7.19. The molecular weight excluding hydrogens is 598 g/mol. The number of hydrogen-bond donors (Lipinski definition) is 1. The van der Waals surface area contributed by atoms with Gasteiger partial charge in [-0.3, -0.25) is 4.79 Å². The second kappa shape index (κ2) is 14.9. The van der Waals surface area contributed by atoms with Gasteiger partial charge in [-0.05, 0) is 54.5 Å². The zero-order valence-corrected chi connectivity index (χ0v) is 25.4. The fraction of sp³-hybridized carbons (Fsp3) is 0.379. The third-order valence-corrected chi connectivity index (χ3v) is 10.5. The Morgan fingerprint density at radius 3 is 1.63 bits per heavy atom. The Balaban J connectivity index is 1.20. The predicted molar refractivity (Wildman–Crippen MR) is 159 cm³/mol. The normalized spacial score (nSPS) is 18.1. The molecule has 2 aliphatic heterocycles. The molecule has 1 N–H and O–H groups in total. The molecule has 2 fully saturated rings. The van der Waals surface area contributed by atoms with E-state index in [0.717, 1.165) is 0 Å². The van der Waals surface area contributed by atoms with Gasteiger partial charge < -0.3 is 19.5 Å². The molecule has 0 aliphatic carbocycles. The number of hydrogen-bond acceptors (Lipinski definition) is 9. The van der Waals surface area contributed by atoms with Crippen LogP contribution in [-0.2, 0) is 43.8 Å². The van der Waals surface area contributed by atoms with Crippen molar-refractivity contribution in [1.82, 2.24) is 13.9 Å². The van der Waals surface area contributed by atoms with Crippen LogP contribution in [0.25, 0.3) is 12.2 Å². The topological polar surface area (TPSA) is 149 Å². The second-order valence-corrected chi connectivity index (χ2v) is 13.7. The number of rotatable bonds is 11. The van der Waals surface area contributed by atoms with Gasteiger partial charge in [-0.15, -0.1) is 0 Å². The largest absolute Gasteiger partial charge is 0.458 e. The summed E-state index contributed by atoms with van der Waals surface area (Å²) in [6.07, 6.45) is 4.99. The molecule has 0 spiro atoms. The van der Waals surface area contributed by atoms with Crippen LogP contribution in [0.5, 0.6) is 0 Å². The molecule has 1 amide bonds. The maximum Gasteiger partial charge on any atom is 0.331 e. The van der Waals surface area contributed by atoms with Crippen molar-refractivity contribution in [3.63, 3.8) is 0 Å². The number of ether oxygens (including phenoxy) is 3. The highest BCUT2D eigenvalue weighted by molar-refractivity contribution is 7.89. The summed E-state index contributed by atoms with van der Waals surface area (Å²) in [6.45, 7) is 4.41. The van der Waals surface area contributed by atoms with Gasteiger partial charge in [0.05, 0.1) is 42.8 Å². The van der Waals surface area contributed by atoms with Gasteiger partial charge in [0, 0.05) is 38.3 Å². The zero-order chi connectivity index (χ0) is 30.9. The Morgan fingerprint density at radius 1 is 0.767 bits per heavy atom. The molecular formula is C29H35N3O9S2. The highest BCUT2D eigenvalue weighted by Crippen LogP contribution is 2.19. The van der Waals surface area contributed by atoms with Gasteiger partial charge in [0.15, 0.2) is 0 Å². The average molecular weight is 634 g/mol. The minimum absolute atomic E-state index is 0.0770. The first-order valence-electron chi connectivity index (χ1n) is 13.8. The lowest BCUT2D eigenvalue weighted by Gasteiger charge is -2.26. The number of esters is 1. The van der Waals surface area contributed by atoms with Crippen LogP contribution < -0.4 is 5.32 Å². The van der Waals surface area contributed by atoms with Crippen molar-refractivity contribution in [2.45, 2.75) is 22.8 Å². The Morgan fingerprint density at radius 2 is 1.19 bits per heavy atom. The summed E-state index contributed by atoms with van der Waals surface area (Å²) in [6, 6.07) is 12.4. The van der Waals surface area contributed by atoms with E-state index >= 15 is 0 Å². The average Bonchev–Trinajstić information content (AvgIpc) is 3.03. The van der Waals surface area contributed by atoms with Crippen LogP contribution in [0.15, 0.2) is 70.5 Å². The van der Waals surface area contributed by atoms with E-state index in [1.807, 2.05) is 0 Å². The summed E-state index contributed by atoms with van der Waals surface area (Å²) >= 11 is 0. The van der Waals surface area contributed by atoms with E-state index in [0.29, 0.717) is 63.7 Å². The molecule has 2 aromatic rings. The molecule has 0 radical (unpaired) electrons. The number of carbonyl (C=O) groups is 2. The van der Waals surface area contributed by atoms with E-state index in [-0.39, 0.29) is 16.3 Å². The zero-order valence-electron chi connectivity index (χ0n) is 23.8. The molecule has 0 unspecified atom stereocenters. The third kappa shape index (κ3) is 9.05. The molecule has 232 valence electrons. The van der Waals surface area contributed by atoms with Crippen molar-refractivity contribution in [1.29, 1.82) is 0 Å². The van der Waals surface area contributed by atoms with Crippen molar-refractivity contribution in [3.8, 4) is 0 Å². The van der Waals surface area contributed by atoms with Crippen LogP contribution in [0.3, 0.4) is 0 Å². The SMILES string of the molecule is C[C@H](CNC(=O)/C=C/c1ccc(S(=O)(=O)N2CCOCC2)cc1)OC(=O)/C=C/c1ccc(S(=O)(=O)N2CCOCC2)cc1. The van der Waals surface area contributed by atoms with Gasteiger partial charge in [0.1, 0.15) is 6.10 Å². The summed E-state index contributed by atoms with van der Waals surface area (Å²) < 4.78 is 69.4. The maximum absolute atomic E-state index is 12.7. The lowest BCUT2D eigenvalue weighted by atomic mass is 10.2. The molecule has 12 nitrogen and oxygen atoms in total. The van der Waals surface area contributed by atoms with Gasteiger partial charge >= 0.3 is 5.97 Å². The highest BCUT2D eigenvalue weighted by Gasteiger charge is 2.27. The highest BCUT2D eigenvalue weighted by atomic mass is 32.2. The smallest absolute Gasteiger partial charge is 0.331 e. The lowest BCUT2D eigenvalue weighted by Crippen LogP contribution is -2.40. The Labute approximate surface area is 252 Å². The molecule has 14 heteroatoms. The summed E-state index contributed by atoms with van der Waals surface area (Å²) in [5, 5.41) is 2.65. The van der Waals surface area contributed by atoms with E-state index in [1.54, 1.807) is 37.3 Å². The fourth-order valence-electron chi connectivity index (χ4n) is 4.29. The van der Waals surface area contributed by atoms with Crippen molar-refractivity contribution in [2.24, 2.45) is 0 Å². The number of carbonyl (C=O) groups excluding carboxylic acids is 2. The van der Waals surface area contributed by atoms with Crippen molar-refractivity contribution in [2.75, 3.05) is 59.2 Å². The number of amides is 1. The molecule has 0 saturated carbocycles. The molecule has 2 aliphatic rings. The molecule has 2 heterocycles. The van der Waals surface area contributed by atoms with Crippen LogP contribution in [-0.4, -0.2) is 103 Å². The third-order valence-electron chi connectivity index (χ3n) is 6.70. The van der Waals surface area contributed by atoms with Crippen LogP contribution in [0.4, 0.5) is 0 Å². The summed E-state index contributed by atoms with van der Waals surface area (Å²) in [5.41, 5.74) is 1.27. The quantitative estimate of drug-likeness (QED) is 0.287. The number of morpholine rings is 2. The summed E-state index contributed by atoms with van der Waals surface area (Å²) in [4.78, 5) is 24.8. The van der Waals surface area contributed by atoms with Crippen LogP contribution in [0.1, 0.15) is 18.1 Å². The van der Waals surface area contributed by atoms with Gasteiger partial charge in [0.2, 0.25) is 26.0 Å². The van der Waals surface area contributed by atoms with Crippen LogP contribution in [0, 0.1) is 0 Å². The fourth-order valence-corrected chi connectivity index (χ4v) is 7.11. The first-order chi connectivity index (χ1) is 20.6. The Bertz CT molecular complexity index is 1530. The van der Waals surface area contributed by atoms with Gasteiger partial charge in [-0.1, -0.05) is 24.3 Å². The van der Waals surface area contributed by atoms with Crippen LogP contribution >= 0.6 is 0 Å². The van der Waals surface area contributed by atoms with Gasteiger partial charge in [-0.2, -0.15) is 8.61 Å². The molecule has 2 aromatic carbocycles. The molecule has 1 atom stereocenters. The first-order valence-corrected chi connectivity index (χ1v) is 16.6. The minimum atomic E-state index is -3.60. The molecule has 0 bridgehead atoms. The molecule has 4 rings (SSSR count). The number of nitrogens with one attached hydrogen (secondary N) is 1. The van der Waals surface area contributed by atoms with E-state index in [2.05, 4.69) is 5.32 Å². The first kappa shape index (κ1) is 32.5. The lowest BCUT2D eigenvalue weighted by molar-refractivity contribution is -0.142. The maximum atomic E-state index is 12.7. The van der Waals surface area contributed by atoms with Gasteiger partial charge in [-0.25, -0.2) is 21.6 Å².